The predicted octanol–water partition coefficient (Wildman–Crippen LogP) is 3.68. The van der Waals surface area contributed by atoms with Crippen molar-refractivity contribution in [2.75, 3.05) is 6.61 Å². The van der Waals surface area contributed by atoms with Crippen LogP contribution in [0.5, 0.6) is 0 Å². The lowest BCUT2D eigenvalue weighted by molar-refractivity contribution is -0.0481. The number of oxime groups is 1. The Hall–Kier alpha value is -1.54. The summed E-state index contributed by atoms with van der Waals surface area (Å²) in [6.07, 6.45) is -1.00. The summed E-state index contributed by atoms with van der Waals surface area (Å²) >= 11 is 0. The van der Waals surface area contributed by atoms with Crippen LogP contribution in [0.2, 0.25) is 36.3 Å². The molecule has 1 aromatic heterocycles. The highest BCUT2D eigenvalue weighted by Crippen LogP contribution is 2.41. The highest BCUT2D eigenvalue weighted by atomic mass is 28.4. The first-order valence-electron chi connectivity index (χ1n) is 10.9. The van der Waals surface area contributed by atoms with Crippen LogP contribution < -0.4 is 11.2 Å². The lowest BCUT2D eigenvalue weighted by atomic mass is 10.1. The van der Waals surface area contributed by atoms with E-state index < -0.39 is 46.3 Å². The zero-order valence-corrected chi connectivity index (χ0v) is 23.0. The molecule has 1 aliphatic rings. The molecule has 182 valence electrons. The summed E-state index contributed by atoms with van der Waals surface area (Å²) in [7, 11) is -4.44. The van der Waals surface area contributed by atoms with Gasteiger partial charge < -0.3 is 18.8 Å². The van der Waals surface area contributed by atoms with Gasteiger partial charge in [0.05, 0.1) is 6.61 Å². The molecule has 1 fully saturated rings. The van der Waals surface area contributed by atoms with Crippen LogP contribution in [0.4, 0.5) is 0 Å². The third kappa shape index (κ3) is 5.50. The SMILES string of the molecule is CC(C)(C)[Si](C)(C)OCC1OC(n2ccc(=O)[nH]c2=O)C(O[Si](C)(C)C(C)(C)C)C1=NO. The van der Waals surface area contributed by atoms with E-state index in [0.717, 1.165) is 0 Å². The molecule has 0 radical (unpaired) electrons. The van der Waals surface area contributed by atoms with Gasteiger partial charge in [0, 0.05) is 12.3 Å². The molecule has 11 heteroatoms. The standard InChI is InChI=1S/C21H39N3O6Si2/c1-20(2,3)31(7,8)28-13-14-16(23-27)17(30-32(9,10)21(4,5)6)18(29-14)24-12-11-15(25)22-19(24)26/h11-12,14,17-18,27H,13H2,1-10H3,(H,22,25,26). The molecule has 0 spiro atoms. The summed E-state index contributed by atoms with van der Waals surface area (Å²) in [6.45, 7) is 21.3. The fourth-order valence-corrected chi connectivity index (χ4v) is 5.06. The number of aromatic nitrogens is 2. The van der Waals surface area contributed by atoms with E-state index in [9.17, 15) is 14.8 Å². The molecule has 0 aliphatic carbocycles. The van der Waals surface area contributed by atoms with Crippen LogP contribution in [0.25, 0.3) is 0 Å². The Bertz CT molecular complexity index is 956. The maximum Gasteiger partial charge on any atom is 0.330 e. The Labute approximate surface area is 192 Å². The van der Waals surface area contributed by atoms with Crippen LogP contribution >= 0.6 is 0 Å². The summed E-state index contributed by atoms with van der Waals surface area (Å²) in [6, 6.07) is 1.25. The number of hydrogen-bond donors (Lipinski definition) is 2. The Morgan fingerprint density at radius 3 is 2.12 bits per heavy atom. The Morgan fingerprint density at radius 2 is 1.66 bits per heavy atom. The second-order valence-electron chi connectivity index (χ2n) is 11.4. The van der Waals surface area contributed by atoms with Crippen LogP contribution in [0.15, 0.2) is 27.0 Å². The van der Waals surface area contributed by atoms with Crippen LogP contribution in [-0.4, -0.2) is 55.9 Å². The first-order valence-corrected chi connectivity index (χ1v) is 16.7. The van der Waals surface area contributed by atoms with Gasteiger partial charge in [-0.1, -0.05) is 46.7 Å². The largest absolute Gasteiger partial charge is 0.414 e. The Kier molecular flexibility index (Phi) is 7.52. The molecule has 3 atom stereocenters. The molecule has 2 N–H and O–H groups in total. The van der Waals surface area contributed by atoms with Crippen LogP contribution in [0, 0.1) is 0 Å². The van der Waals surface area contributed by atoms with Gasteiger partial charge in [0.1, 0.15) is 17.9 Å². The summed E-state index contributed by atoms with van der Waals surface area (Å²) in [5.74, 6) is 0. The zero-order valence-electron chi connectivity index (χ0n) is 21.0. The average molecular weight is 486 g/mol. The topological polar surface area (TPSA) is 115 Å². The maximum absolute atomic E-state index is 12.5. The molecule has 1 aromatic rings. The second-order valence-corrected chi connectivity index (χ2v) is 21.0. The normalized spacial score (nSPS) is 24.3. The van der Waals surface area contributed by atoms with E-state index in [0.29, 0.717) is 0 Å². The molecule has 0 saturated carbocycles. The van der Waals surface area contributed by atoms with Gasteiger partial charge in [-0.15, -0.1) is 0 Å². The monoisotopic (exact) mass is 485 g/mol. The van der Waals surface area contributed by atoms with Gasteiger partial charge >= 0.3 is 5.69 Å². The Morgan fingerprint density at radius 1 is 1.09 bits per heavy atom. The van der Waals surface area contributed by atoms with Crippen molar-refractivity contribution < 1.29 is 18.8 Å². The molecule has 2 heterocycles. The molecule has 1 saturated heterocycles. The molecule has 0 amide bonds. The molecular formula is C21H39N3O6Si2. The van der Waals surface area contributed by atoms with Crippen LogP contribution in [0.1, 0.15) is 47.8 Å². The van der Waals surface area contributed by atoms with Gasteiger partial charge in [-0.2, -0.15) is 0 Å². The maximum atomic E-state index is 12.5. The van der Waals surface area contributed by atoms with Gasteiger partial charge in [-0.05, 0) is 36.3 Å². The summed E-state index contributed by atoms with van der Waals surface area (Å²) in [5.41, 5.74) is -0.828. The minimum atomic E-state index is -2.34. The van der Waals surface area contributed by atoms with Gasteiger partial charge in [-0.25, -0.2) is 4.79 Å². The number of rotatable bonds is 6. The fraction of sp³-hybridized carbons (Fsp3) is 0.762. The fourth-order valence-electron chi connectivity index (χ4n) is 2.84. The van der Waals surface area contributed by atoms with Crippen LogP contribution in [0.3, 0.4) is 0 Å². The molecule has 0 bridgehead atoms. The number of ether oxygens (including phenoxy) is 1. The smallest absolute Gasteiger partial charge is 0.330 e. The predicted molar refractivity (Wildman–Crippen MR) is 130 cm³/mol. The third-order valence-corrected chi connectivity index (χ3v) is 16.0. The first-order chi connectivity index (χ1) is 14.4. The minimum absolute atomic E-state index is 0.00553. The van der Waals surface area contributed by atoms with E-state index in [4.69, 9.17) is 13.6 Å². The minimum Gasteiger partial charge on any atom is -0.414 e. The third-order valence-electron chi connectivity index (χ3n) is 7.05. The molecule has 3 unspecified atom stereocenters. The average Bonchev–Trinajstić information content (AvgIpc) is 2.94. The van der Waals surface area contributed by atoms with Crippen molar-refractivity contribution in [3.8, 4) is 0 Å². The zero-order chi connectivity index (χ0) is 24.7. The number of H-pyrrole nitrogens is 1. The van der Waals surface area contributed by atoms with Crippen molar-refractivity contribution in [2.45, 2.75) is 96.2 Å². The van der Waals surface area contributed by atoms with Crippen LogP contribution in [-0.2, 0) is 13.6 Å². The quantitative estimate of drug-likeness (QED) is 0.361. The van der Waals surface area contributed by atoms with Gasteiger partial charge in [-0.3, -0.25) is 14.3 Å². The Balaban J connectivity index is 2.46. The second kappa shape index (κ2) is 9.01. The summed E-state index contributed by atoms with van der Waals surface area (Å²) < 4.78 is 20.4. The molecule has 32 heavy (non-hydrogen) atoms. The van der Waals surface area contributed by atoms with E-state index in [1.807, 2.05) is 0 Å². The number of nitrogens with zero attached hydrogens (tertiary/aromatic N) is 2. The lowest BCUT2D eigenvalue weighted by Crippen LogP contribution is -2.49. The van der Waals surface area contributed by atoms with Crippen molar-refractivity contribution in [1.82, 2.24) is 9.55 Å². The highest BCUT2D eigenvalue weighted by molar-refractivity contribution is 6.74. The van der Waals surface area contributed by atoms with E-state index in [1.54, 1.807) is 0 Å². The lowest BCUT2D eigenvalue weighted by Gasteiger charge is -2.39. The molecule has 9 nitrogen and oxygen atoms in total. The number of aromatic amines is 1. The van der Waals surface area contributed by atoms with Gasteiger partial charge in [0.2, 0.25) is 0 Å². The van der Waals surface area contributed by atoms with Crippen molar-refractivity contribution in [3.05, 3.63) is 33.1 Å². The van der Waals surface area contributed by atoms with Crippen molar-refractivity contribution in [2.24, 2.45) is 5.16 Å². The van der Waals surface area contributed by atoms with Crippen molar-refractivity contribution in [1.29, 1.82) is 0 Å². The molecule has 2 rings (SSSR count). The summed E-state index contributed by atoms with van der Waals surface area (Å²) in [5, 5.41) is 13.3. The number of nitrogens with one attached hydrogen (secondary N) is 1. The van der Waals surface area contributed by atoms with E-state index in [1.165, 1.54) is 16.8 Å². The number of hydrogen-bond acceptors (Lipinski definition) is 7. The highest BCUT2D eigenvalue weighted by Gasteiger charge is 2.50. The summed E-state index contributed by atoms with van der Waals surface area (Å²) in [4.78, 5) is 26.4. The molecule has 0 aromatic carbocycles. The van der Waals surface area contributed by atoms with Gasteiger partial charge in [0.25, 0.3) is 5.56 Å². The van der Waals surface area contributed by atoms with E-state index in [2.05, 4.69) is 77.9 Å². The van der Waals surface area contributed by atoms with Gasteiger partial charge in [0.15, 0.2) is 22.9 Å². The van der Waals surface area contributed by atoms with E-state index in [-0.39, 0.29) is 22.4 Å². The van der Waals surface area contributed by atoms with Crippen molar-refractivity contribution in [3.63, 3.8) is 0 Å². The van der Waals surface area contributed by atoms with E-state index >= 15 is 0 Å². The molecular weight excluding hydrogens is 446 g/mol. The molecule has 1 aliphatic heterocycles. The first kappa shape index (κ1) is 26.7. The van der Waals surface area contributed by atoms with Crippen molar-refractivity contribution >= 4 is 22.3 Å².